The zero-order valence-corrected chi connectivity index (χ0v) is 11.8. The quantitative estimate of drug-likeness (QED) is 0.711. The highest BCUT2D eigenvalue weighted by atomic mass is 19.1. The van der Waals surface area contributed by atoms with Gasteiger partial charge in [-0.05, 0) is 18.1 Å². The molecule has 24 heavy (non-hydrogen) atoms. The van der Waals surface area contributed by atoms with Crippen molar-refractivity contribution in [1.82, 2.24) is 4.98 Å². The van der Waals surface area contributed by atoms with Crippen molar-refractivity contribution in [3.8, 4) is 17.2 Å². The first-order valence-corrected chi connectivity index (χ1v) is 6.64. The first kappa shape index (κ1) is 15.8. The van der Waals surface area contributed by atoms with Crippen LogP contribution in [0.15, 0.2) is 21.3 Å². The minimum absolute atomic E-state index is 0.0501. The Morgan fingerprint density at radius 2 is 1.92 bits per heavy atom. The fourth-order valence-corrected chi connectivity index (χ4v) is 2.26. The number of rotatable bonds is 3. The van der Waals surface area contributed by atoms with Crippen LogP contribution in [0.25, 0.3) is 22.6 Å². The predicted octanol–water partition coefficient (Wildman–Crippen LogP) is 2.43. The second-order valence-electron chi connectivity index (χ2n) is 5.00. The summed E-state index contributed by atoms with van der Waals surface area (Å²) in [7, 11) is 0. The van der Waals surface area contributed by atoms with Crippen molar-refractivity contribution in [3.63, 3.8) is 0 Å². The van der Waals surface area contributed by atoms with E-state index in [2.05, 4.69) is 4.98 Å². The van der Waals surface area contributed by atoms with Gasteiger partial charge in [0, 0.05) is 12.5 Å². The molecule has 0 unspecified atom stereocenters. The lowest BCUT2D eigenvalue weighted by Gasteiger charge is -2.10. The van der Waals surface area contributed by atoms with Crippen LogP contribution in [0.4, 0.5) is 13.2 Å². The number of aryl methyl sites for hydroxylation is 1. The number of benzene rings is 2. The molecule has 0 fully saturated rings. The van der Waals surface area contributed by atoms with Crippen LogP contribution in [0.2, 0.25) is 0 Å². The van der Waals surface area contributed by atoms with E-state index in [4.69, 9.17) is 9.52 Å². The third-order valence-electron chi connectivity index (χ3n) is 3.42. The van der Waals surface area contributed by atoms with E-state index in [1.165, 1.54) is 0 Å². The van der Waals surface area contributed by atoms with E-state index in [1.54, 1.807) is 0 Å². The van der Waals surface area contributed by atoms with Gasteiger partial charge in [-0.1, -0.05) is 0 Å². The van der Waals surface area contributed by atoms with Crippen LogP contribution in [0.3, 0.4) is 0 Å². The first-order chi connectivity index (χ1) is 11.3. The Morgan fingerprint density at radius 3 is 2.58 bits per heavy atom. The van der Waals surface area contributed by atoms with Crippen LogP contribution in [0.5, 0.6) is 5.75 Å². The fourth-order valence-electron chi connectivity index (χ4n) is 2.26. The average Bonchev–Trinajstić information content (AvgIpc) is 2.53. The molecule has 9 heteroatoms. The van der Waals surface area contributed by atoms with Crippen molar-refractivity contribution >= 4 is 17.1 Å². The Hall–Kier alpha value is -3.10. The van der Waals surface area contributed by atoms with Gasteiger partial charge in [-0.2, -0.15) is 8.78 Å². The summed E-state index contributed by atoms with van der Waals surface area (Å²) in [4.78, 5) is 25.6. The number of halogens is 3. The Morgan fingerprint density at radius 1 is 1.21 bits per heavy atom. The zero-order chi connectivity index (χ0) is 17.6. The van der Waals surface area contributed by atoms with E-state index >= 15 is 0 Å². The van der Waals surface area contributed by atoms with E-state index in [0.29, 0.717) is 6.07 Å². The number of aliphatic carboxylic acids is 1. The van der Waals surface area contributed by atoms with Gasteiger partial charge in [0.2, 0.25) is 11.6 Å². The Labute approximate surface area is 131 Å². The summed E-state index contributed by atoms with van der Waals surface area (Å²) in [5.41, 5.74) is -2.77. The third kappa shape index (κ3) is 2.43. The van der Waals surface area contributed by atoms with E-state index in [1.807, 2.05) is 0 Å². The topological polar surface area (TPSA) is 101 Å². The van der Waals surface area contributed by atoms with Crippen molar-refractivity contribution in [2.24, 2.45) is 0 Å². The highest BCUT2D eigenvalue weighted by molar-refractivity contribution is 5.80. The third-order valence-corrected chi connectivity index (χ3v) is 3.42. The number of nitrogens with zero attached hydrogens (tertiary/aromatic N) is 1. The van der Waals surface area contributed by atoms with Crippen LogP contribution in [-0.2, 0) is 11.2 Å². The van der Waals surface area contributed by atoms with E-state index in [0.717, 1.165) is 6.07 Å². The molecule has 0 saturated heterocycles. The van der Waals surface area contributed by atoms with Gasteiger partial charge in [-0.25, -0.2) is 9.37 Å². The summed E-state index contributed by atoms with van der Waals surface area (Å²) in [6.45, 7) is 0. The molecule has 1 aliphatic carbocycles. The van der Waals surface area contributed by atoms with E-state index in [-0.39, 0.29) is 29.6 Å². The molecule has 2 N–H and O–H groups in total. The Kier molecular flexibility index (Phi) is 3.63. The van der Waals surface area contributed by atoms with Crippen molar-refractivity contribution < 1.29 is 32.6 Å². The number of carboxylic acid groups (broad SMARTS) is 1. The molecule has 3 rings (SSSR count). The lowest BCUT2D eigenvalue weighted by molar-refractivity contribution is -0.136. The molecule has 1 heterocycles. The van der Waals surface area contributed by atoms with Crippen molar-refractivity contribution in [3.05, 3.63) is 45.4 Å². The summed E-state index contributed by atoms with van der Waals surface area (Å²) >= 11 is 0. The minimum Gasteiger partial charge on any atom is -0.505 e. The largest absolute Gasteiger partial charge is 0.505 e. The Balaban J connectivity index is 2.30. The molecular weight excluding hydrogens is 331 g/mol. The molecule has 0 radical (unpaired) electrons. The number of carbonyl (C=O) groups is 1. The maximum Gasteiger partial charge on any atom is 0.303 e. The maximum atomic E-state index is 14.2. The van der Waals surface area contributed by atoms with Gasteiger partial charge < -0.3 is 14.6 Å². The molecule has 0 saturated carbocycles. The van der Waals surface area contributed by atoms with E-state index < -0.39 is 45.9 Å². The first-order valence-electron chi connectivity index (χ1n) is 6.64. The van der Waals surface area contributed by atoms with Crippen molar-refractivity contribution in [2.75, 3.05) is 0 Å². The summed E-state index contributed by atoms with van der Waals surface area (Å²) in [5.74, 6) is -6.98. The van der Waals surface area contributed by atoms with Gasteiger partial charge in [0.05, 0.1) is 0 Å². The summed E-state index contributed by atoms with van der Waals surface area (Å²) in [6.07, 6.45) is -0.554. The highest BCUT2D eigenvalue weighted by Crippen LogP contribution is 2.34. The molecule has 1 aromatic carbocycles. The standard InChI is InChI=1S/C15H8F3NO5/c16-6-4-8-15(11(18)13(6)23)24-14-7(19-8)3-5(1-2-9(20)21)12(22)10(14)17/h3-4,22H,1-2H2,(H,20,21). The molecule has 6 nitrogen and oxygen atoms in total. The molecule has 0 atom stereocenters. The second kappa shape index (κ2) is 5.52. The molecular formula is C15H8F3NO5. The van der Waals surface area contributed by atoms with Gasteiger partial charge >= 0.3 is 5.97 Å². The van der Waals surface area contributed by atoms with Gasteiger partial charge in [0.15, 0.2) is 22.9 Å². The SMILES string of the molecule is O=C(O)CCc1cc2nc3cc(F)c(=O)c(F)c-3oc2c(F)c1O. The Bertz CT molecular complexity index is 1010. The number of carboxylic acids is 1. The second-order valence-corrected chi connectivity index (χ2v) is 5.00. The number of fused-ring (bicyclic) bond motifs is 2. The normalized spacial score (nSPS) is 11.3. The number of phenolic OH excluding ortho intramolecular Hbond substituents is 1. The molecule has 1 aromatic rings. The minimum atomic E-state index is -1.56. The fraction of sp³-hybridized carbons (Fsp3) is 0.133. The number of hydrogen-bond donors (Lipinski definition) is 2. The molecule has 0 spiro atoms. The van der Waals surface area contributed by atoms with E-state index in [9.17, 15) is 27.9 Å². The van der Waals surface area contributed by atoms with Crippen LogP contribution in [0.1, 0.15) is 12.0 Å². The van der Waals surface area contributed by atoms with Gasteiger partial charge in [0.25, 0.3) is 5.43 Å². The summed E-state index contributed by atoms with van der Waals surface area (Å²) < 4.78 is 46.3. The predicted molar refractivity (Wildman–Crippen MR) is 74.4 cm³/mol. The molecule has 0 bridgehead atoms. The molecule has 124 valence electrons. The van der Waals surface area contributed by atoms with Crippen molar-refractivity contribution in [2.45, 2.75) is 12.8 Å². The molecule has 0 aromatic heterocycles. The highest BCUT2D eigenvalue weighted by Gasteiger charge is 2.24. The van der Waals surface area contributed by atoms with Crippen LogP contribution in [0, 0.1) is 17.5 Å². The van der Waals surface area contributed by atoms with Gasteiger partial charge in [-0.15, -0.1) is 0 Å². The van der Waals surface area contributed by atoms with Crippen LogP contribution >= 0.6 is 0 Å². The van der Waals surface area contributed by atoms with Crippen LogP contribution in [-0.4, -0.2) is 21.2 Å². The average molecular weight is 339 g/mol. The molecule has 2 aliphatic rings. The van der Waals surface area contributed by atoms with Gasteiger partial charge in [-0.3, -0.25) is 9.59 Å². The lowest BCUT2D eigenvalue weighted by atomic mass is 10.1. The van der Waals surface area contributed by atoms with Gasteiger partial charge in [0.1, 0.15) is 11.2 Å². The number of phenols is 1. The summed E-state index contributed by atoms with van der Waals surface area (Å²) in [6, 6.07) is 1.80. The molecule has 1 aliphatic heterocycles. The van der Waals surface area contributed by atoms with Crippen molar-refractivity contribution in [1.29, 1.82) is 0 Å². The lowest BCUT2D eigenvalue weighted by Crippen LogP contribution is -2.14. The smallest absolute Gasteiger partial charge is 0.303 e. The zero-order valence-electron chi connectivity index (χ0n) is 11.8. The number of aromatic hydroxyl groups is 1. The molecule has 0 amide bonds. The van der Waals surface area contributed by atoms with Crippen LogP contribution < -0.4 is 5.43 Å². The number of aromatic nitrogens is 1. The summed E-state index contributed by atoms with van der Waals surface area (Å²) in [5, 5.41) is 18.4. The maximum absolute atomic E-state index is 14.2. The number of hydrogen-bond acceptors (Lipinski definition) is 5. The monoisotopic (exact) mass is 339 g/mol.